The summed E-state index contributed by atoms with van der Waals surface area (Å²) in [5.41, 5.74) is 0. The number of hydrogen-bond acceptors (Lipinski definition) is 4. The van der Waals surface area contributed by atoms with Crippen LogP contribution in [0.15, 0.2) is 6.33 Å². The number of nitrogens with zero attached hydrogens (tertiary/aromatic N) is 4. The zero-order valence-electron chi connectivity index (χ0n) is 11.2. The van der Waals surface area contributed by atoms with Crippen LogP contribution >= 0.6 is 0 Å². The van der Waals surface area contributed by atoms with Crippen molar-refractivity contribution >= 4 is 0 Å². The Morgan fingerprint density at radius 1 is 1.39 bits per heavy atom. The molecule has 0 bridgehead atoms. The van der Waals surface area contributed by atoms with E-state index in [0.29, 0.717) is 0 Å². The Morgan fingerprint density at radius 2 is 2.33 bits per heavy atom. The first-order valence-corrected chi connectivity index (χ1v) is 7.19. The van der Waals surface area contributed by atoms with Gasteiger partial charge < -0.3 is 9.88 Å². The van der Waals surface area contributed by atoms with Gasteiger partial charge in [-0.2, -0.15) is 0 Å². The largest absolute Gasteiger partial charge is 0.315 e. The molecule has 3 rings (SSSR count). The Balaban J connectivity index is 1.57. The van der Waals surface area contributed by atoms with Gasteiger partial charge in [0.1, 0.15) is 12.2 Å². The molecule has 1 saturated carbocycles. The van der Waals surface area contributed by atoms with Crippen LogP contribution in [0.2, 0.25) is 0 Å². The van der Waals surface area contributed by atoms with Crippen molar-refractivity contribution in [2.75, 3.05) is 19.6 Å². The van der Waals surface area contributed by atoms with Gasteiger partial charge in [-0.25, -0.2) is 0 Å². The molecule has 2 heterocycles. The minimum absolute atomic E-state index is 0.731. The Bertz CT molecular complexity index is 388. The molecule has 1 aromatic rings. The first kappa shape index (κ1) is 12.1. The zero-order chi connectivity index (χ0) is 12.4. The molecule has 0 spiro atoms. The van der Waals surface area contributed by atoms with Crippen LogP contribution in [0.5, 0.6) is 0 Å². The molecular weight excluding hydrogens is 226 g/mol. The topological polar surface area (TPSA) is 46.0 Å². The summed E-state index contributed by atoms with van der Waals surface area (Å²) >= 11 is 0. The van der Waals surface area contributed by atoms with E-state index in [-0.39, 0.29) is 0 Å². The highest BCUT2D eigenvalue weighted by molar-refractivity contribution is 4.92. The van der Waals surface area contributed by atoms with E-state index < -0.39 is 0 Å². The first-order chi connectivity index (χ1) is 8.86. The zero-order valence-corrected chi connectivity index (χ0v) is 11.2. The third-order valence-corrected chi connectivity index (χ3v) is 4.34. The van der Waals surface area contributed by atoms with Crippen molar-refractivity contribution in [3.05, 3.63) is 12.2 Å². The summed E-state index contributed by atoms with van der Waals surface area (Å²) in [5.74, 6) is 1.94. The van der Waals surface area contributed by atoms with Crippen molar-refractivity contribution in [3.8, 4) is 0 Å². The second-order valence-corrected chi connectivity index (χ2v) is 5.53. The first-order valence-electron chi connectivity index (χ1n) is 7.19. The van der Waals surface area contributed by atoms with Gasteiger partial charge in [-0.05, 0) is 25.3 Å². The smallest absolute Gasteiger partial charge is 0.147 e. The number of fused-ring (bicyclic) bond motifs is 1. The standard InChI is InChI=1S/C13H23N5/c1-2-14-12-5-3-4-11(12)8-17-6-7-18-10-15-16-13(18)9-17/h10-12,14H,2-9H2,1H3. The van der Waals surface area contributed by atoms with E-state index in [0.717, 1.165) is 44.0 Å². The molecule has 100 valence electrons. The Labute approximate surface area is 109 Å². The molecule has 0 radical (unpaired) electrons. The van der Waals surface area contributed by atoms with Gasteiger partial charge in [0.25, 0.3) is 0 Å². The number of rotatable bonds is 4. The fourth-order valence-electron chi connectivity index (χ4n) is 3.39. The van der Waals surface area contributed by atoms with Crippen molar-refractivity contribution < 1.29 is 0 Å². The fraction of sp³-hybridized carbons (Fsp3) is 0.846. The maximum Gasteiger partial charge on any atom is 0.147 e. The van der Waals surface area contributed by atoms with Gasteiger partial charge in [-0.15, -0.1) is 10.2 Å². The number of hydrogen-bond donors (Lipinski definition) is 1. The van der Waals surface area contributed by atoms with Crippen molar-refractivity contribution in [2.45, 2.75) is 45.3 Å². The molecule has 0 saturated heterocycles. The highest BCUT2D eigenvalue weighted by Crippen LogP contribution is 2.27. The van der Waals surface area contributed by atoms with Gasteiger partial charge in [0, 0.05) is 25.7 Å². The molecule has 5 nitrogen and oxygen atoms in total. The maximum absolute atomic E-state index is 4.19. The summed E-state index contributed by atoms with van der Waals surface area (Å²) in [6.45, 7) is 7.66. The minimum Gasteiger partial charge on any atom is -0.315 e. The predicted molar refractivity (Wildman–Crippen MR) is 70.1 cm³/mol. The van der Waals surface area contributed by atoms with Crippen molar-refractivity contribution in [2.24, 2.45) is 5.92 Å². The molecule has 2 unspecified atom stereocenters. The van der Waals surface area contributed by atoms with Gasteiger partial charge in [0.05, 0.1) is 6.54 Å². The second kappa shape index (κ2) is 5.36. The van der Waals surface area contributed by atoms with Crippen LogP contribution in [-0.2, 0) is 13.1 Å². The Morgan fingerprint density at radius 3 is 3.22 bits per heavy atom. The van der Waals surface area contributed by atoms with E-state index in [1.165, 1.54) is 25.8 Å². The highest BCUT2D eigenvalue weighted by Gasteiger charge is 2.29. The van der Waals surface area contributed by atoms with Crippen LogP contribution in [0.1, 0.15) is 32.0 Å². The summed E-state index contributed by atoms with van der Waals surface area (Å²) in [6, 6.07) is 0.731. The summed E-state index contributed by atoms with van der Waals surface area (Å²) < 4.78 is 2.17. The molecular formula is C13H23N5. The molecule has 1 aliphatic carbocycles. The summed E-state index contributed by atoms with van der Waals surface area (Å²) in [4.78, 5) is 2.55. The van der Waals surface area contributed by atoms with Crippen LogP contribution in [0.25, 0.3) is 0 Å². The fourth-order valence-corrected chi connectivity index (χ4v) is 3.39. The van der Waals surface area contributed by atoms with E-state index in [2.05, 4.69) is 31.9 Å². The van der Waals surface area contributed by atoms with E-state index in [1.54, 1.807) is 0 Å². The van der Waals surface area contributed by atoms with E-state index in [9.17, 15) is 0 Å². The Hall–Kier alpha value is -0.940. The lowest BCUT2D eigenvalue weighted by atomic mass is 10.0. The molecule has 1 N–H and O–H groups in total. The van der Waals surface area contributed by atoms with Crippen LogP contribution in [0.4, 0.5) is 0 Å². The molecule has 1 aliphatic heterocycles. The van der Waals surface area contributed by atoms with Gasteiger partial charge in [0.2, 0.25) is 0 Å². The average Bonchev–Trinajstić information content (AvgIpc) is 2.99. The Kier molecular flexibility index (Phi) is 3.61. The lowest BCUT2D eigenvalue weighted by Crippen LogP contribution is -2.42. The summed E-state index contributed by atoms with van der Waals surface area (Å²) in [5, 5.41) is 11.8. The van der Waals surface area contributed by atoms with E-state index >= 15 is 0 Å². The van der Waals surface area contributed by atoms with Gasteiger partial charge in [-0.3, -0.25) is 4.90 Å². The van der Waals surface area contributed by atoms with Crippen molar-refractivity contribution in [1.82, 2.24) is 25.0 Å². The van der Waals surface area contributed by atoms with E-state index in [1.807, 2.05) is 6.33 Å². The van der Waals surface area contributed by atoms with Crippen LogP contribution in [0.3, 0.4) is 0 Å². The van der Waals surface area contributed by atoms with Gasteiger partial charge >= 0.3 is 0 Å². The van der Waals surface area contributed by atoms with E-state index in [4.69, 9.17) is 0 Å². The molecule has 5 heteroatoms. The SMILES string of the molecule is CCNC1CCCC1CN1CCn2cnnc2C1. The maximum atomic E-state index is 4.19. The average molecular weight is 249 g/mol. The molecule has 2 atom stereocenters. The predicted octanol–water partition coefficient (Wildman–Crippen LogP) is 0.872. The van der Waals surface area contributed by atoms with Crippen LogP contribution < -0.4 is 5.32 Å². The van der Waals surface area contributed by atoms with Gasteiger partial charge in [-0.1, -0.05) is 13.3 Å². The van der Waals surface area contributed by atoms with Crippen LogP contribution in [-0.4, -0.2) is 45.3 Å². The highest BCUT2D eigenvalue weighted by atomic mass is 15.3. The third-order valence-electron chi connectivity index (χ3n) is 4.34. The summed E-state index contributed by atoms with van der Waals surface area (Å²) in [6.07, 6.45) is 5.96. The number of aromatic nitrogens is 3. The van der Waals surface area contributed by atoms with Crippen molar-refractivity contribution in [3.63, 3.8) is 0 Å². The van der Waals surface area contributed by atoms with Crippen LogP contribution in [0, 0.1) is 5.92 Å². The number of nitrogens with one attached hydrogen (secondary N) is 1. The quantitative estimate of drug-likeness (QED) is 0.860. The second-order valence-electron chi connectivity index (χ2n) is 5.53. The lowest BCUT2D eigenvalue weighted by Gasteiger charge is -2.31. The molecule has 0 amide bonds. The molecule has 18 heavy (non-hydrogen) atoms. The summed E-state index contributed by atoms with van der Waals surface area (Å²) in [7, 11) is 0. The molecule has 1 aromatic heterocycles. The monoisotopic (exact) mass is 249 g/mol. The molecule has 2 aliphatic rings. The minimum atomic E-state index is 0.731. The van der Waals surface area contributed by atoms with Crippen molar-refractivity contribution in [1.29, 1.82) is 0 Å². The van der Waals surface area contributed by atoms with Gasteiger partial charge in [0.15, 0.2) is 0 Å². The molecule has 0 aromatic carbocycles. The molecule has 1 fully saturated rings. The lowest BCUT2D eigenvalue weighted by molar-refractivity contribution is 0.174. The normalized spacial score (nSPS) is 28.5. The third kappa shape index (κ3) is 2.42.